The molecule has 1 rings (SSSR count). The molecule has 0 radical (unpaired) electrons. The fourth-order valence-corrected chi connectivity index (χ4v) is 3.26. The molecule has 0 aromatic rings. The van der Waals surface area contributed by atoms with Crippen molar-refractivity contribution in [3.8, 4) is 0 Å². The molecule has 0 heterocycles. The van der Waals surface area contributed by atoms with E-state index < -0.39 is 41.9 Å². The van der Waals surface area contributed by atoms with Crippen molar-refractivity contribution < 1.29 is 33.8 Å². The molecule has 0 unspecified atom stereocenters. The van der Waals surface area contributed by atoms with Gasteiger partial charge in [-0.1, -0.05) is 12.8 Å². The number of rotatable bonds is 11. The molecule has 0 spiro atoms. The predicted octanol–water partition coefficient (Wildman–Crippen LogP) is -0.822. The normalized spacial score (nSPS) is 21.6. The minimum atomic E-state index is -1.15. The fraction of sp³-hybridized carbons (Fsp3) is 0.737. The summed E-state index contributed by atoms with van der Waals surface area (Å²) in [5, 5.41) is 16.4. The zero-order valence-corrected chi connectivity index (χ0v) is 17.6. The van der Waals surface area contributed by atoms with Gasteiger partial charge in [0.05, 0.1) is 12.1 Å². The van der Waals surface area contributed by atoms with E-state index in [0.717, 1.165) is 19.3 Å². The smallest absolute Gasteiger partial charge is 0.303 e. The maximum atomic E-state index is 12.4. The predicted molar refractivity (Wildman–Crippen MR) is 106 cm³/mol. The summed E-state index contributed by atoms with van der Waals surface area (Å²) < 4.78 is 5.83. The van der Waals surface area contributed by atoms with Gasteiger partial charge in [-0.05, 0) is 33.1 Å². The van der Waals surface area contributed by atoms with Crippen LogP contribution in [0.3, 0.4) is 0 Å². The Morgan fingerprint density at radius 2 is 1.70 bits per heavy atom. The Labute approximate surface area is 175 Å². The highest BCUT2D eigenvalue weighted by atomic mass is 16.5. The minimum Gasteiger partial charge on any atom is -0.481 e. The molecule has 0 saturated heterocycles. The van der Waals surface area contributed by atoms with Crippen LogP contribution in [0.2, 0.25) is 0 Å². The van der Waals surface area contributed by atoms with Crippen molar-refractivity contribution in [3.05, 3.63) is 0 Å². The lowest BCUT2D eigenvalue weighted by atomic mass is 9.92. The Kier molecular flexibility index (Phi) is 10.2. The van der Waals surface area contributed by atoms with Crippen LogP contribution < -0.4 is 21.7 Å². The van der Waals surface area contributed by atoms with Crippen LogP contribution >= 0.6 is 0 Å². The molecular weight excluding hydrogens is 396 g/mol. The first-order chi connectivity index (χ1) is 14.0. The van der Waals surface area contributed by atoms with Gasteiger partial charge in [-0.25, -0.2) is 0 Å². The van der Waals surface area contributed by atoms with Gasteiger partial charge in [0.25, 0.3) is 0 Å². The summed E-state index contributed by atoms with van der Waals surface area (Å²) in [6.45, 7) is 4.41. The molecule has 11 nitrogen and oxygen atoms in total. The second-order valence-electron chi connectivity index (χ2n) is 7.53. The monoisotopic (exact) mass is 428 g/mol. The molecule has 1 fully saturated rings. The van der Waals surface area contributed by atoms with Crippen molar-refractivity contribution in [1.82, 2.24) is 16.0 Å². The summed E-state index contributed by atoms with van der Waals surface area (Å²) in [5.74, 6) is -3.33. The third-order valence-electron chi connectivity index (χ3n) is 4.90. The maximum absolute atomic E-state index is 12.4. The lowest BCUT2D eigenvalue weighted by Crippen LogP contribution is -2.54. The van der Waals surface area contributed by atoms with Crippen molar-refractivity contribution in [2.75, 3.05) is 0 Å². The zero-order valence-electron chi connectivity index (χ0n) is 17.6. The van der Waals surface area contributed by atoms with E-state index in [1.807, 2.05) is 0 Å². The van der Waals surface area contributed by atoms with Crippen LogP contribution in [-0.4, -0.2) is 65.0 Å². The number of ether oxygens (including phenoxy) is 1. The van der Waals surface area contributed by atoms with Gasteiger partial charge in [0.2, 0.25) is 23.6 Å². The first-order valence-corrected chi connectivity index (χ1v) is 10.1. The Hall–Kier alpha value is -2.69. The van der Waals surface area contributed by atoms with Crippen molar-refractivity contribution in [1.29, 1.82) is 0 Å². The number of amides is 4. The SMILES string of the molecule is CC(=O)N[C@H]1CCCC[C@@H]1O[C@H](C)C(=O)N[C@@H](C)C(=O)N[C@H](CCC(=O)O)C(N)=O. The summed E-state index contributed by atoms with van der Waals surface area (Å²) in [6, 6.07) is -2.31. The maximum Gasteiger partial charge on any atom is 0.303 e. The number of carboxylic acid groups (broad SMARTS) is 1. The third kappa shape index (κ3) is 8.76. The van der Waals surface area contributed by atoms with Crippen LogP contribution in [0.15, 0.2) is 0 Å². The van der Waals surface area contributed by atoms with E-state index in [0.29, 0.717) is 6.42 Å². The van der Waals surface area contributed by atoms with Gasteiger partial charge in [-0.15, -0.1) is 0 Å². The number of hydrogen-bond donors (Lipinski definition) is 5. The number of carbonyl (C=O) groups excluding carboxylic acids is 4. The molecule has 0 aromatic carbocycles. The van der Waals surface area contributed by atoms with E-state index in [-0.39, 0.29) is 30.9 Å². The summed E-state index contributed by atoms with van der Waals surface area (Å²) in [4.78, 5) is 58.1. The Bertz CT molecular complexity index is 655. The summed E-state index contributed by atoms with van der Waals surface area (Å²) in [6.07, 6.45) is 1.72. The number of nitrogens with two attached hydrogens (primary N) is 1. The number of aliphatic carboxylic acids is 1. The van der Waals surface area contributed by atoms with E-state index >= 15 is 0 Å². The van der Waals surface area contributed by atoms with Gasteiger partial charge in [-0.3, -0.25) is 24.0 Å². The molecule has 1 aliphatic rings. The van der Waals surface area contributed by atoms with E-state index in [9.17, 15) is 24.0 Å². The van der Waals surface area contributed by atoms with Crippen LogP contribution in [-0.2, 0) is 28.7 Å². The topological polar surface area (TPSA) is 177 Å². The van der Waals surface area contributed by atoms with Gasteiger partial charge in [0.15, 0.2) is 0 Å². The molecule has 1 saturated carbocycles. The Balaban J connectivity index is 2.58. The fourth-order valence-electron chi connectivity index (χ4n) is 3.26. The molecule has 1 aliphatic carbocycles. The molecule has 0 bridgehead atoms. The molecule has 11 heteroatoms. The van der Waals surface area contributed by atoms with Crippen LogP contribution in [0, 0.1) is 0 Å². The average Bonchev–Trinajstić information content (AvgIpc) is 2.65. The van der Waals surface area contributed by atoms with Crippen LogP contribution in [0.1, 0.15) is 59.3 Å². The van der Waals surface area contributed by atoms with Gasteiger partial charge in [0.1, 0.15) is 18.2 Å². The van der Waals surface area contributed by atoms with Crippen LogP contribution in [0.4, 0.5) is 0 Å². The number of primary amides is 1. The highest BCUT2D eigenvalue weighted by Gasteiger charge is 2.31. The molecule has 0 aromatic heterocycles. The van der Waals surface area contributed by atoms with E-state index in [2.05, 4.69) is 16.0 Å². The quantitative estimate of drug-likeness (QED) is 0.285. The van der Waals surface area contributed by atoms with Crippen molar-refractivity contribution in [3.63, 3.8) is 0 Å². The van der Waals surface area contributed by atoms with Gasteiger partial charge < -0.3 is 31.5 Å². The zero-order chi connectivity index (χ0) is 22.8. The number of hydrogen-bond acceptors (Lipinski definition) is 6. The summed E-state index contributed by atoms with van der Waals surface area (Å²) in [5.41, 5.74) is 5.19. The molecule has 30 heavy (non-hydrogen) atoms. The Morgan fingerprint density at radius 1 is 1.07 bits per heavy atom. The highest BCUT2D eigenvalue weighted by molar-refractivity contribution is 5.92. The highest BCUT2D eigenvalue weighted by Crippen LogP contribution is 2.22. The average molecular weight is 428 g/mol. The van der Waals surface area contributed by atoms with Crippen LogP contribution in [0.5, 0.6) is 0 Å². The second-order valence-corrected chi connectivity index (χ2v) is 7.53. The molecule has 4 amide bonds. The molecule has 0 aliphatic heterocycles. The van der Waals surface area contributed by atoms with E-state index in [4.69, 9.17) is 15.6 Å². The van der Waals surface area contributed by atoms with Crippen LogP contribution in [0.25, 0.3) is 0 Å². The lowest BCUT2D eigenvalue weighted by Gasteiger charge is -2.33. The standard InChI is InChI=1S/C19H32N4O7/c1-10(18(28)23-14(17(20)27)8-9-16(25)26)21-19(29)11(2)30-15-7-5-4-6-13(15)22-12(3)24/h10-11,13-15H,4-9H2,1-3H3,(H2,20,27)(H,21,29)(H,22,24)(H,23,28)(H,25,26)/t10-,11+,13-,14+,15-/m0/s1. The Morgan fingerprint density at radius 3 is 2.27 bits per heavy atom. The second kappa shape index (κ2) is 12.1. The first-order valence-electron chi connectivity index (χ1n) is 10.1. The first kappa shape index (κ1) is 25.3. The van der Waals surface area contributed by atoms with Gasteiger partial charge in [-0.2, -0.15) is 0 Å². The van der Waals surface area contributed by atoms with Crippen molar-refractivity contribution in [2.24, 2.45) is 5.73 Å². The van der Waals surface area contributed by atoms with Crippen molar-refractivity contribution >= 4 is 29.6 Å². The number of nitrogens with one attached hydrogen (secondary N) is 3. The molecular formula is C19H32N4O7. The molecule has 5 atom stereocenters. The van der Waals surface area contributed by atoms with Crippen molar-refractivity contribution in [2.45, 2.75) is 89.6 Å². The summed E-state index contributed by atoms with van der Waals surface area (Å²) >= 11 is 0. The number of carbonyl (C=O) groups is 5. The summed E-state index contributed by atoms with van der Waals surface area (Å²) in [7, 11) is 0. The third-order valence-corrected chi connectivity index (χ3v) is 4.90. The molecule has 6 N–H and O–H groups in total. The van der Waals surface area contributed by atoms with Gasteiger partial charge >= 0.3 is 5.97 Å². The van der Waals surface area contributed by atoms with Gasteiger partial charge in [0, 0.05) is 13.3 Å². The minimum absolute atomic E-state index is 0.150. The lowest BCUT2D eigenvalue weighted by molar-refractivity contribution is -0.141. The van der Waals surface area contributed by atoms with E-state index in [1.165, 1.54) is 13.8 Å². The molecule has 170 valence electrons. The van der Waals surface area contributed by atoms with E-state index in [1.54, 1.807) is 6.92 Å². The number of carboxylic acids is 1. The largest absolute Gasteiger partial charge is 0.481 e.